The maximum Gasteiger partial charge on any atom is 0.315 e. The Morgan fingerprint density at radius 2 is 2.05 bits per heavy atom. The standard InChI is InChI=1S/C26H35F2N7O2/c1-33-14-17(13-31-33)19-11-16-3-2-7-35(23(16)12-20(19)24(27)28)25(29)21-15-34(26(30)36)8-4-22(21)32-18-5-9-37-10-6-18/h12-14,18-19,24,29,32H,2-11,15H2,1H3,(H2,30,36). The molecule has 1 unspecified atom stereocenters. The van der Waals surface area contributed by atoms with Gasteiger partial charge in [0.15, 0.2) is 0 Å². The fraction of sp³-hybridized carbons (Fsp3) is 0.577. The first kappa shape index (κ1) is 25.4. The molecule has 0 bridgehead atoms. The maximum atomic E-state index is 14.3. The molecule has 1 aliphatic carbocycles. The molecule has 0 spiro atoms. The number of rotatable bonds is 5. The molecule has 5 rings (SSSR count). The van der Waals surface area contributed by atoms with Crippen LogP contribution in [0.15, 0.2) is 46.6 Å². The van der Waals surface area contributed by atoms with Crippen molar-refractivity contribution in [3.63, 3.8) is 0 Å². The van der Waals surface area contributed by atoms with Crippen LogP contribution in [0.4, 0.5) is 13.6 Å². The SMILES string of the molecule is Cn1cc(C2CC3=C(C=C2C(F)F)N(C(=N)C2=C(NC4CCOCC4)CCN(C(N)=O)C2)CCC3)cn1. The second-order valence-electron chi connectivity index (χ2n) is 10.2. The van der Waals surface area contributed by atoms with Crippen LogP contribution in [0.1, 0.15) is 50.0 Å². The molecule has 0 saturated carbocycles. The number of amides is 2. The Morgan fingerprint density at radius 1 is 1.27 bits per heavy atom. The quantitative estimate of drug-likeness (QED) is 0.412. The van der Waals surface area contributed by atoms with Gasteiger partial charge in [0.05, 0.1) is 12.7 Å². The number of alkyl halides is 2. The average Bonchev–Trinajstić information content (AvgIpc) is 3.34. The Balaban J connectivity index is 1.47. The normalized spacial score (nSPS) is 23.4. The fourth-order valence-corrected chi connectivity index (χ4v) is 5.86. The zero-order valence-corrected chi connectivity index (χ0v) is 21.2. The van der Waals surface area contributed by atoms with Gasteiger partial charge in [-0.15, -0.1) is 0 Å². The lowest BCUT2D eigenvalue weighted by Crippen LogP contribution is -2.48. The van der Waals surface area contributed by atoms with Crippen molar-refractivity contribution in [3.05, 3.63) is 52.1 Å². The van der Waals surface area contributed by atoms with E-state index in [1.54, 1.807) is 30.2 Å². The lowest BCUT2D eigenvalue weighted by Gasteiger charge is -2.40. The number of nitrogens with two attached hydrogens (primary N) is 1. The van der Waals surface area contributed by atoms with Gasteiger partial charge >= 0.3 is 6.03 Å². The Labute approximate surface area is 215 Å². The number of hydrogen-bond donors (Lipinski definition) is 3. The van der Waals surface area contributed by atoms with Gasteiger partial charge in [-0.05, 0) is 49.3 Å². The highest BCUT2D eigenvalue weighted by atomic mass is 19.3. The van der Waals surface area contributed by atoms with Crippen LogP contribution in [-0.2, 0) is 11.8 Å². The summed E-state index contributed by atoms with van der Waals surface area (Å²) in [6, 6.07) is -0.283. The Kier molecular flexibility index (Phi) is 7.32. The van der Waals surface area contributed by atoms with Gasteiger partial charge in [-0.3, -0.25) is 10.1 Å². The predicted molar refractivity (Wildman–Crippen MR) is 135 cm³/mol. The number of halogens is 2. The van der Waals surface area contributed by atoms with Crippen molar-refractivity contribution in [2.45, 2.75) is 56.9 Å². The molecule has 37 heavy (non-hydrogen) atoms. The van der Waals surface area contributed by atoms with E-state index in [1.807, 2.05) is 4.90 Å². The van der Waals surface area contributed by atoms with E-state index in [1.165, 1.54) is 4.90 Å². The summed E-state index contributed by atoms with van der Waals surface area (Å²) in [6.07, 6.45) is 6.88. The maximum absolute atomic E-state index is 14.3. The van der Waals surface area contributed by atoms with E-state index in [9.17, 15) is 19.0 Å². The summed E-state index contributed by atoms with van der Waals surface area (Å²) in [6.45, 7) is 2.64. The molecule has 0 aromatic carbocycles. The summed E-state index contributed by atoms with van der Waals surface area (Å²) in [5.74, 6) is -0.177. The number of hydrogen-bond acceptors (Lipinski definition) is 5. The smallest absolute Gasteiger partial charge is 0.315 e. The predicted octanol–water partition coefficient (Wildman–Crippen LogP) is 3.23. The van der Waals surface area contributed by atoms with Gasteiger partial charge in [0.1, 0.15) is 5.84 Å². The van der Waals surface area contributed by atoms with E-state index < -0.39 is 18.4 Å². The van der Waals surface area contributed by atoms with Gasteiger partial charge in [-0.1, -0.05) is 0 Å². The summed E-state index contributed by atoms with van der Waals surface area (Å²) in [7, 11) is 1.78. The van der Waals surface area contributed by atoms with Gasteiger partial charge in [-0.2, -0.15) is 5.10 Å². The number of urea groups is 1. The molecule has 200 valence electrons. The number of primary amides is 1. The average molecular weight is 516 g/mol. The van der Waals surface area contributed by atoms with Crippen molar-refractivity contribution in [2.24, 2.45) is 12.8 Å². The van der Waals surface area contributed by atoms with Crippen LogP contribution < -0.4 is 11.1 Å². The summed E-state index contributed by atoms with van der Waals surface area (Å²) < 4.78 is 35.7. The third-order valence-electron chi connectivity index (χ3n) is 7.86. The third-order valence-corrected chi connectivity index (χ3v) is 7.86. The molecular weight excluding hydrogens is 480 g/mol. The summed E-state index contributed by atoms with van der Waals surface area (Å²) >= 11 is 0. The van der Waals surface area contributed by atoms with Gasteiger partial charge in [0, 0.05) is 80.5 Å². The van der Waals surface area contributed by atoms with E-state index in [4.69, 9.17) is 10.5 Å². The topological polar surface area (TPSA) is 113 Å². The molecule has 11 heteroatoms. The number of nitrogens with one attached hydrogen (secondary N) is 2. The van der Waals surface area contributed by atoms with Crippen molar-refractivity contribution in [1.82, 2.24) is 24.9 Å². The Hall–Kier alpha value is -3.21. The first-order chi connectivity index (χ1) is 17.8. The highest BCUT2D eigenvalue weighted by Crippen LogP contribution is 2.43. The van der Waals surface area contributed by atoms with Crippen LogP contribution in [0.25, 0.3) is 0 Å². The van der Waals surface area contributed by atoms with Crippen molar-refractivity contribution >= 4 is 11.9 Å². The van der Waals surface area contributed by atoms with Crippen LogP contribution in [0.3, 0.4) is 0 Å². The molecule has 4 N–H and O–H groups in total. The number of allylic oxidation sites excluding steroid dienone is 3. The molecule has 9 nitrogen and oxygen atoms in total. The fourth-order valence-electron chi connectivity index (χ4n) is 5.86. The zero-order valence-electron chi connectivity index (χ0n) is 21.2. The van der Waals surface area contributed by atoms with E-state index in [0.717, 1.165) is 42.5 Å². The molecule has 3 aliphatic heterocycles. The van der Waals surface area contributed by atoms with E-state index in [0.29, 0.717) is 50.4 Å². The molecule has 1 saturated heterocycles. The van der Waals surface area contributed by atoms with Gasteiger partial charge in [0.25, 0.3) is 6.43 Å². The second-order valence-corrected chi connectivity index (χ2v) is 10.2. The van der Waals surface area contributed by atoms with Crippen molar-refractivity contribution in [3.8, 4) is 0 Å². The molecular formula is C26H35F2N7O2. The van der Waals surface area contributed by atoms with Crippen LogP contribution in [-0.4, -0.2) is 76.8 Å². The van der Waals surface area contributed by atoms with Gasteiger partial charge in [-0.25, -0.2) is 13.6 Å². The molecule has 1 aromatic heterocycles. The Morgan fingerprint density at radius 3 is 2.73 bits per heavy atom. The minimum atomic E-state index is -2.61. The highest BCUT2D eigenvalue weighted by molar-refractivity contribution is 5.99. The lowest BCUT2D eigenvalue weighted by molar-refractivity contribution is 0.0798. The molecule has 1 atom stereocenters. The third kappa shape index (κ3) is 5.27. The van der Waals surface area contributed by atoms with Crippen molar-refractivity contribution < 1.29 is 18.3 Å². The first-order valence-electron chi connectivity index (χ1n) is 13.0. The number of nitrogens with zero attached hydrogens (tertiary/aromatic N) is 4. The van der Waals surface area contributed by atoms with Gasteiger partial charge in [0.2, 0.25) is 0 Å². The summed E-state index contributed by atoms with van der Waals surface area (Å²) in [5, 5.41) is 17.0. The molecule has 4 aliphatic rings. The van der Waals surface area contributed by atoms with Crippen LogP contribution in [0.2, 0.25) is 0 Å². The second kappa shape index (κ2) is 10.6. The van der Waals surface area contributed by atoms with Crippen molar-refractivity contribution in [1.29, 1.82) is 5.41 Å². The summed E-state index contributed by atoms with van der Waals surface area (Å²) in [5.41, 5.74) is 9.85. The van der Waals surface area contributed by atoms with Crippen molar-refractivity contribution in [2.75, 3.05) is 32.8 Å². The minimum absolute atomic E-state index is 0.0587. The van der Waals surface area contributed by atoms with E-state index in [2.05, 4.69) is 10.4 Å². The highest BCUT2D eigenvalue weighted by Gasteiger charge is 2.36. The molecule has 1 aromatic rings. The summed E-state index contributed by atoms with van der Waals surface area (Å²) in [4.78, 5) is 15.4. The largest absolute Gasteiger partial charge is 0.385 e. The number of carbonyl (C=O) groups excluding carboxylic acids is 1. The first-order valence-corrected chi connectivity index (χ1v) is 13.0. The number of carbonyl (C=O) groups is 1. The van der Waals surface area contributed by atoms with E-state index in [-0.39, 0.29) is 24.0 Å². The number of ether oxygens (including phenoxy) is 1. The molecule has 0 radical (unpaired) electrons. The molecule has 1 fully saturated rings. The number of aromatic nitrogens is 2. The molecule has 2 amide bonds. The van der Waals surface area contributed by atoms with E-state index >= 15 is 0 Å². The van der Waals surface area contributed by atoms with Crippen LogP contribution in [0.5, 0.6) is 0 Å². The monoisotopic (exact) mass is 515 g/mol. The van der Waals surface area contributed by atoms with Crippen LogP contribution >= 0.6 is 0 Å². The van der Waals surface area contributed by atoms with Crippen LogP contribution in [0, 0.1) is 5.41 Å². The van der Waals surface area contributed by atoms with Gasteiger partial charge < -0.3 is 25.6 Å². The number of aryl methyl sites for hydroxylation is 1. The minimum Gasteiger partial charge on any atom is -0.385 e. The zero-order chi connectivity index (χ0) is 26.1. The lowest BCUT2D eigenvalue weighted by atomic mass is 9.79. The molecule has 4 heterocycles. The Bertz CT molecular complexity index is 1150. The number of amidine groups is 1.